The lowest BCUT2D eigenvalue weighted by molar-refractivity contribution is 0.112. The summed E-state index contributed by atoms with van der Waals surface area (Å²) in [5.41, 5.74) is 2.95. The lowest BCUT2D eigenvalue weighted by atomic mass is 9.77. The van der Waals surface area contributed by atoms with Crippen LogP contribution in [0.4, 0.5) is 0 Å². The van der Waals surface area contributed by atoms with E-state index in [0.29, 0.717) is 0 Å². The molecule has 2 rings (SSSR count). The van der Waals surface area contributed by atoms with Crippen LogP contribution < -0.4 is 4.74 Å². The van der Waals surface area contributed by atoms with Gasteiger partial charge in [0.1, 0.15) is 18.1 Å². The molecule has 1 unspecified atom stereocenters. The number of rotatable bonds is 1. The number of benzene rings is 1. The van der Waals surface area contributed by atoms with Crippen LogP contribution in [-0.4, -0.2) is 12.4 Å². The molecule has 0 fully saturated rings. The van der Waals surface area contributed by atoms with Crippen LogP contribution in [0.5, 0.6) is 5.75 Å². The van der Waals surface area contributed by atoms with Crippen molar-refractivity contribution in [2.75, 3.05) is 0 Å². The summed E-state index contributed by atoms with van der Waals surface area (Å²) in [6.07, 6.45) is 1.06. The van der Waals surface area contributed by atoms with Gasteiger partial charge in [0.15, 0.2) is 0 Å². The van der Waals surface area contributed by atoms with Crippen molar-refractivity contribution in [3.63, 3.8) is 0 Å². The van der Waals surface area contributed by atoms with E-state index in [1.807, 2.05) is 12.1 Å². The summed E-state index contributed by atoms with van der Waals surface area (Å²) < 4.78 is 6.06. The Balaban J connectivity index is 2.73. The second-order valence-corrected chi connectivity index (χ2v) is 6.79. The van der Waals surface area contributed by atoms with Gasteiger partial charge in [-0.3, -0.25) is 4.79 Å². The summed E-state index contributed by atoms with van der Waals surface area (Å²) in [6, 6.07) is 3.93. The third-order valence-corrected chi connectivity index (χ3v) is 4.06. The molecule has 18 heavy (non-hydrogen) atoms. The number of hydrogen-bond donors (Lipinski definition) is 0. The fraction of sp³-hybridized carbons (Fsp3) is 0.562. The molecule has 1 aliphatic heterocycles. The molecule has 0 amide bonds. The molecule has 2 heteroatoms. The Hall–Kier alpha value is -1.31. The van der Waals surface area contributed by atoms with Gasteiger partial charge in [0.2, 0.25) is 0 Å². The molecule has 1 atom stereocenters. The first kappa shape index (κ1) is 13.1. The Bertz CT molecular complexity index is 493. The standard InChI is InChI=1S/C16H22O2/c1-10-16(5,6)13-8-11(9-17)7-12(14(13)18-10)15(2,3)4/h7-10H,1-6H3. The van der Waals surface area contributed by atoms with E-state index in [-0.39, 0.29) is 16.9 Å². The van der Waals surface area contributed by atoms with Crippen LogP contribution in [0.15, 0.2) is 12.1 Å². The summed E-state index contributed by atoms with van der Waals surface area (Å²) in [5.74, 6) is 0.977. The predicted molar refractivity (Wildman–Crippen MR) is 73.6 cm³/mol. The zero-order chi connectivity index (χ0) is 13.7. The lowest BCUT2D eigenvalue weighted by Gasteiger charge is -2.23. The molecule has 0 aromatic heterocycles. The Labute approximate surface area is 109 Å². The largest absolute Gasteiger partial charge is 0.489 e. The van der Waals surface area contributed by atoms with Crippen molar-refractivity contribution in [2.45, 2.75) is 58.5 Å². The van der Waals surface area contributed by atoms with Gasteiger partial charge in [-0.15, -0.1) is 0 Å². The Kier molecular flexibility index (Phi) is 2.80. The van der Waals surface area contributed by atoms with E-state index in [4.69, 9.17) is 4.74 Å². The highest BCUT2D eigenvalue weighted by Gasteiger charge is 2.41. The summed E-state index contributed by atoms with van der Waals surface area (Å²) in [6.45, 7) is 12.9. The number of aldehydes is 1. The van der Waals surface area contributed by atoms with Gasteiger partial charge in [0.25, 0.3) is 0 Å². The molecule has 0 saturated heterocycles. The van der Waals surface area contributed by atoms with E-state index >= 15 is 0 Å². The van der Waals surface area contributed by atoms with Crippen LogP contribution in [0.25, 0.3) is 0 Å². The second-order valence-electron chi connectivity index (χ2n) is 6.79. The van der Waals surface area contributed by atoms with Gasteiger partial charge >= 0.3 is 0 Å². The van der Waals surface area contributed by atoms with Crippen molar-refractivity contribution < 1.29 is 9.53 Å². The van der Waals surface area contributed by atoms with Crippen LogP contribution in [-0.2, 0) is 10.8 Å². The first-order valence-corrected chi connectivity index (χ1v) is 6.48. The van der Waals surface area contributed by atoms with Crippen molar-refractivity contribution in [1.29, 1.82) is 0 Å². The molecule has 1 aliphatic rings. The maximum absolute atomic E-state index is 11.1. The maximum Gasteiger partial charge on any atom is 0.150 e. The topological polar surface area (TPSA) is 26.3 Å². The van der Waals surface area contributed by atoms with Crippen molar-refractivity contribution in [1.82, 2.24) is 0 Å². The average Bonchev–Trinajstić information content (AvgIpc) is 2.48. The molecule has 1 aromatic rings. The molecule has 1 heterocycles. The van der Waals surface area contributed by atoms with Gasteiger partial charge in [-0.25, -0.2) is 0 Å². The van der Waals surface area contributed by atoms with E-state index in [1.54, 1.807) is 0 Å². The molecular weight excluding hydrogens is 224 g/mol. The van der Waals surface area contributed by atoms with E-state index in [0.717, 1.165) is 28.7 Å². The number of fused-ring (bicyclic) bond motifs is 1. The molecule has 0 aliphatic carbocycles. The van der Waals surface area contributed by atoms with Gasteiger partial charge < -0.3 is 4.74 Å². The lowest BCUT2D eigenvalue weighted by Crippen LogP contribution is -2.28. The number of carbonyl (C=O) groups excluding carboxylic acids is 1. The summed E-state index contributed by atoms with van der Waals surface area (Å²) >= 11 is 0. The van der Waals surface area contributed by atoms with Crippen LogP contribution >= 0.6 is 0 Å². The zero-order valence-electron chi connectivity index (χ0n) is 12.1. The van der Waals surface area contributed by atoms with Crippen LogP contribution in [0, 0.1) is 0 Å². The Morgan fingerprint density at radius 3 is 2.39 bits per heavy atom. The number of carbonyl (C=O) groups is 1. The SMILES string of the molecule is CC1Oc2c(C(C)(C)C)cc(C=O)cc2C1(C)C. The second kappa shape index (κ2) is 3.84. The monoisotopic (exact) mass is 246 g/mol. The first-order chi connectivity index (χ1) is 8.17. The molecule has 0 radical (unpaired) electrons. The van der Waals surface area contributed by atoms with Gasteiger partial charge in [-0.1, -0.05) is 34.6 Å². The highest BCUT2D eigenvalue weighted by molar-refractivity contribution is 5.77. The molecule has 0 spiro atoms. The van der Waals surface area contributed by atoms with Crippen molar-refractivity contribution >= 4 is 6.29 Å². The van der Waals surface area contributed by atoms with Gasteiger partial charge in [0.05, 0.1) is 0 Å². The van der Waals surface area contributed by atoms with E-state index in [2.05, 4.69) is 41.5 Å². The molecule has 0 saturated carbocycles. The fourth-order valence-corrected chi connectivity index (χ4v) is 2.42. The molecule has 1 aromatic carbocycles. The van der Waals surface area contributed by atoms with Crippen molar-refractivity contribution in [3.05, 3.63) is 28.8 Å². The smallest absolute Gasteiger partial charge is 0.150 e. The molecular formula is C16H22O2. The predicted octanol–water partition coefficient (Wildman–Crippen LogP) is 3.86. The molecule has 0 N–H and O–H groups in total. The first-order valence-electron chi connectivity index (χ1n) is 6.48. The number of hydrogen-bond acceptors (Lipinski definition) is 2. The normalized spacial score (nSPS) is 21.3. The average molecular weight is 246 g/mol. The third-order valence-electron chi connectivity index (χ3n) is 4.06. The van der Waals surface area contributed by atoms with Crippen LogP contribution in [0.1, 0.15) is 63.0 Å². The highest BCUT2D eigenvalue weighted by Crippen LogP contribution is 2.47. The highest BCUT2D eigenvalue weighted by atomic mass is 16.5. The maximum atomic E-state index is 11.1. The third kappa shape index (κ3) is 1.84. The van der Waals surface area contributed by atoms with Gasteiger partial charge in [-0.05, 0) is 24.5 Å². The summed E-state index contributed by atoms with van der Waals surface area (Å²) in [7, 11) is 0. The minimum atomic E-state index is -0.0473. The Morgan fingerprint density at radius 2 is 1.89 bits per heavy atom. The van der Waals surface area contributed by atoms with Gasteiger partial charge in [-0.2, -0.15) is 0 Å². The van der Waals surface area contributed by atoms with E-state index < -0.39 is 0 Å². The number of ether oxygens (including phenoxy) is 1. The summed E-state index contributed by atoms with van der Waals surface area (Å²) in [5, 5.41) is 0. The Morgan fingerprint density at radius 1 is 1.28 bits per heavy atom. The minimum Gasteiger partial charge on any atom is -0.489 e. The van der Waals surface area contributed by atoms with Gasteiger partial charge in [0, 0.05) is 22.1 Å². The zero-order valence-corrected chi connectivity index (χ0v) is 12.1. The molecule has 0 bridgehead atoms. The van der Waals surface area contributed by atoms with Crippen molar-refractivity contribution in [2.24, 2.45) is 0 Å². The molecule has 2 nitrogen and oxygen atoms in total. The van der Waals surface area contributed by atoms with E-state index in [9.17, 15) is 4.79 Å². The quantitative estimate of drug-likeness (QED) is 0.703. The van der Waals surface area contributed by atoms with Crippen LogP contribution in [0.2, 0.25) is 0 Å². The summed E-state index contributed by atoms with van der Waals surface area (Å²) in [4.78, 5) is 11.1. The fourth-order valence-electron chi connectivity index (χ4n) is 2.42. The van der Waals surface area contributed by atoms with Crippen molar-refractivity contribution in [3.8, 4) is 5.75 Å². The van der Waals surface area contributed by atoms with Crippen LogP contribution in [0.3, 0.4) is 0 Å². The molecule has 98 valence electrons. The van der Waals surface area contributed by atoms with E-state index in [1.165, 1.54) is 0 Å². The minimum absolute atomic E-state index is 0.0246.